The van der Waals surface area contributed by atoms with E-state index in [1.807, 2.05) is 18.0 Å². The molecular formula is C18H23N5O2. The number of likely N-dealkylation sites (N-methyl/N-ethyl adjacent to an activating group) is 1. The van der Waals surface area contributed by atoms with Crippen LogP contribution in [0.4, 0.5) is 11.5 Å². The molecule has 0 unspecified atom stereocenters. The molecule has 1 fully saturated rings. The lowest BCUT2D eigenvalue weighted by Gasteiger charge is -2.36. The van der Waals surface area contributed by atoms with Crippen molar-refractivity contribution in [2.45, 2.75) is 0 Å². The zero-order valence-corrected chi connectivity index (χ0v) is 14.4. The number of hydrogen-bond donors (Lipinski definition) is 1. The van der Waals surface area contributed by atoms with Crippen molar-refractivity contribution in [3.05, 3.63) is 48.4 Å². The molecule has 3 rings (SSSR count). The molecule has 1 aromatic carbocycles. The van der Waals surface area contributed by atoms with Crippen LogP contribution in [0.15, 0.2) is 42.7 Å². The number of rotatable bonds is 6. The first kappa shape index (κ1) is 17.2. The van der Waals surface area contributed by atoms with Crippen molar-refractivity contribution in [3.63, 3.8) is 0 Å². The van der Waals surface area contributed by atoms with E-state index in [-0.39, 0.29) is 5.69 Å². The van der Waals surface area contributed by atoms with Gasteiger partial charge in [-0.15, -0.1) is 0 Å². The molecule has 25 heavy (non-hydrogen) atoms. The van der Waals surface area contributed by atoms with Crippen LogP contribution >= 0.6 is 0 Å². The lowest BCUT2D eigenvalue weighted by atomic mass is 10.2. The van der Waals surface area contributed by atoms with E-state index in [0.29, 0.717) is 5.82 Å². The van der Waals surface area contributed by atoms with Crippen LogP contribution < -0.4 is 9.80 Å². The number of nitrogens with zero attached hydrogens (tertiary/aromatic N) is 5. The van der Waals surface area contributed by atoms with Gasteiger partial charge >= 0.3 is 5.97 Å². The van der Waals surface area contributed by atoms with E-state index in [1.54, 1.807) is 0 Å². The first-order valence-corrected chi connectivity index (χ1v) is 8.42. The van der Waals surface area contributed by atoms with E-state index in [2.05, 4.69) is 44.0 Å². The fourth-order valence-corrected chi connectivity index (χ4v) is 2.90. The smallest absolute Gasteiger partial charge is 0.356 e. The summed E-state index contributed by atoms with van der Waals surface area (Å²) >= 11 is 0. The van der Waals surface area contributed by atoms with Crippen molar-refractivity contribution >= 4 is 17.5 Å². The summed E-state index contributed by atoms with van der Waals surface area (Å²) in [5.41, 5.74) is 1.25. The van der Waals surface area contributed by atoms with Crippen LogP contribution in [0.5, 0.6) is 0 Å². The second kappa shape index (κ2) is 7.94. The van der Waals surface area contributed by atoms with Gasteiger partial charge in [0, 0.05) is 52.0 Å². The monoisotopic (exact) mass is 341 g/mol. The van der Waals surface area contributed by atoms with Gasteiger partial charge in [-0.1, -0.05) is 18.2 Å². The van der Waals surface area contributed by atoms with Crippen molar-refractivity contribution in [3.8, 4) is 0 Å². The van der Waals surface area contributed by atoms with Gasteiger partial charge in [0.2, 0.25) is 0 Å². The molecule has 2 heterocycles. The number of carboxylic acids is 1. The number of aromatic carboxylic acids is 1. The van der Waals surface area contributed by atoms with Gasteiger partial charge in [0.15, 0.2) is 5.69 Å². The van der Waals surface area contributed by atoms with Gasteiger partial charge in [-0.05, 0) is 12.1 Å². The molecule has 0 radical (unpaired) electrons. The van der Waals surface area contributed by atoms with Crippen molar-refractivity contribution < 1.29 is 9.90 Å². The maximum Gasteiger partial charge on any atom is 0.356 e. The van der Waals surface area contributed by atoms with Crippen LogP contribution in [-0.2, 0) is 0 Å². The van der Waals surface area contributed by atoms with Gasteiger partial charge in [0.25, 0.3) is 0 Å². The molecule has 0 aliphatic carbocycles. The van der Waals surface area contributed by atoms with E-state index >= 15 is 0 Å². The Morgan fingerprint density at radius 1 is 1.12 bits per heavy atom. The second-order valence-electron chi connectivity index (χ2n) is 6.15. The van der Waals surface area contributed by atoms with Gasteiger partial charge in [-0.2, -0.15) is 0 Å². The Bertz CT molecular complexity index is 684. The molecule has 1 aliphatic heterocycles. The van der Waals surface area contributed by atoms with Gasteiger partial charge in [-0.3, -0.25) is 4.90 Å². The van der Waals surface area contributed by atoms with Crippen molar-refractivity contribution in [2.24, 2.45) is 0 Å². The summed E-state index contributed by atoms with van der Waals surface area (Å²) in [5.74, 6) is -0.370. The number of para-hydroxylation sites is 1. The highest BCUT2D eigenvalue weighted by atomic mass is 16.4. The van der Waals surface area contributed by atoms with Gasteiger partial charge < -0.3 is 14.9 Å². The minimum Gasteiger partial charge on any atom is -0.476 e. The lowest BCUT2D eigenvalue weighted by Crippen LogP contribution is -2.48. The summed E-state index contributed by atoms with van der Waals surface area (Å²) in [6.07, 6.45) is 2.81. The molecule has 1 N–H and O–H groups in total. The maximum absolute atomic E-state index is 10.8. The molecule has 7 nitrogen and oxygen atoms in total. The molecule has 132 valence electrons. The second-order valence-corrected chi connectivity index (χ2v) is 6.15. The predicted octanol–water partition coefficient (Wildman–Crippen LogP) is 1.43. The van der Waals surface area contributed by atoms with Crippen LogP contribution in [0.2, 0.25) is 0 Å². The number of piperazine rings is 1. The summed E-state index contributed by atoms with van der Waals surface area (Å²) in [4.78, 5) is 25.8. The standard InChI is InChI=1S/C18H23N5O2/c1-21(17-14-19-16(13-20-17)18(24)25)7-8-22-9-11-23(12-10-22)15-5-3-2-4-6-15/h2-6,13-14H,7-12H2,1H3,(H,24,25). The Hall–Kier alpha value is -2.67. The minimum atomic E-state index is -1.06. The highest BCUT2D eigenvalue weighted by molar-refractivity contribution is 5.84. The Labute approximate surface area is 147 Å². The Kier molecular flexibility index (Phi) is 5.45. The number of aromatic nitrogens is 2. The largest absolute Gasteiger partial charge is 0.476 e. The van der Waals surface area contributed by atoms with Crippen LogP contribution in [-0.4, -0.2) is 72.3 Å². The molecule has 0 saturated carbocycles. The third-order valence-corrected chi connectivity index (χ3v) is 4.49. The molecule has 1 aliphatic rings. The number of carbonyl (C=O) groups is 1. The Balaban J connectivity index is 1.45. The molecule has 1 saturated heterocycles. The van der Waals surface area contributed by atoms with Gasteiger partial charge in [-0.25, -0.2) is 14.8 Å². The number of carboxylic acid groups (broad SMARTS) is 1. The molecule has 1 aromatic heterocycles. The van der Waals surface area contributed by atoms with E-state index in [9.17, 15) is 4.79 Å². The number of hydrogen-bond acceptors (Lipinski definition) is 6. The van der Waals surface area contributed by atoms with Crippen LogP contribution in [0.1, 0.15) is 10.5 Å². The van der Waals surface area contributed by atoms with E-state index < -0.39 is 5.97 Å². The third kappa shape index (κ3) is 4.45. The maximum atomic E-state index is 10.8. The zero-order valence-electron chi connectivity index (χ0n) is 14.4. The Morgan fingerprint density at radius 3 is 2.44 bits per heavy atom. The summed E-state index contributed by atoms with van der Waals surface area (Å²) in [5, 5.41) is 8.86. The predicted molar refractivity (Wildman–Crippen MR) is 97.4 cm³/mol. The molecular weight excluding hydrogens is 318 g/mol. The summed E-state index contributed by atoms with van der Waals surface area (Å²) in [7, 11) is 1.95. The fraction of sp³-hybridized carbons (Fsp3) is 0.389. The molecule has 2 aromatic rings. The first-order chi connectivity index (χ1) is 12.1. The highest BCUT2D eigenvalue weighted by Gasteiger charge is 2.17. The molecule has 0 bridgehead atoms. The van der Waals surface area contributed by atoms with E-state index in [1.165, 1.54) is 18.1 Å². The summed E-state index contributed by atoms with van der Waals surface area (Å²) < 4.78 is 0. The topological polar surface area (TPSA) is 72.8 Å². The lowest BCUT2D eigenvalue weighted by molar-refractivity contribution is 0.0690. The number of benzene rings is 1. The first-order valence-electron chi connectivity index (χ1n) is 8.42. The van der Waals surface area contributed by atoms with Crippen molar-refractivity contribution in [1.29, 1.82) is 0 Å². The van der Waals surface area contributed by atoms with Crippen LogP contribution in [0, 0.1) is 0 Å². The van der Waals surface area contributed by atoms with E-state index in [0.717, 1.165) is 39.3 Å². The summed E-state index contributed by atoms with van der Waals surface area (Å²) in [6.45, 7) is 5.90. The molecule has 0 amide bonds. The van der Waals surface area contributed by atoms with Crippen molar-refractivity contribution in [2.75, 3.05) is 56.1 Å². The van der Waals surface area contributed by atoms with Crippen LogP contribution in [0.25, 0.3) is 0 Å². The van der Waals surface area contributed by atoms with Gasteiger partial charge in [0.05, 0.1) is 12.4 Å². The number of anilines is 2. The van der Waals surface area contributed by atoms with E-state index in [4.69, 9.17) is 5.11 Å². The highest BCUT2D eigenvalue weighted by Crippen LogP contribution is 2.15. The third-order valence-electron chi connectivity index (χ3n) is 4.49. The van der Waals surface area contributed by atoms with Crippen molar-refractivity contribution in [1.82, 2.24) is 14.9 Å². The molecule has 0 spiro atoms. The average Bonchev–Trinajstić information content (AvgIpc) is 2.67. The summed E-state index contributed by atoms with van der Waals surface area (Å²) in [6, 6.07) is 10.5. The quantitative estimate of drug-likeness (QED) is 0.852. The SMILES string of the molecule is CN(CCN1CCN(c2ccccc2)CC1)c1cnc(C(=O)O)cn1. The fourth-order valence-electron chi connectivity index (χ4n) is 2.90. The minimum absolute atomic E-state index is 0.0332. The normalized spacial score (nSPS) is 15.2. The molecule has 7 heteroatoms. The van der Waals surface area contributed by atoms with Crippen LogP contribution in [0.3, 0.4) is 0 Å². The van der Waals surface area contributed by atoms with Gasteiger partial charge in [0.1, 0.15) is 5.82 Å². The Morgan fingerprint density at radius 2 is 1.84 bits per heavy atom. The average molecular weight is 341 g/mol. The zero-order chi connectivity index (χ0) is 17.6. The molecule has 0 atom stereocenters.